The Morgan fingerprint density at radius 2 is 2.06 bits per heavy atom. The predicted octanol–water partition coefficient (Wildman–Crippen LogP) is 3.07. The summed E-state index contributed by atoms with van der Waals surface area (Å²) in [5.41, 5.74) is -0.664. The standard InChI is InChI=1S/C11H10ClF3O2/c1-6(17)10(12)9-3-2-8(11(13,14)15)4-7(9)5-16/h2-4,10,16H,5H2,1H3. The first-order valence-corrected chi connectivity index (χ1v) is 5.16. The Morgan fingerprint density at radius 3 is 2.47 bits per heavy atom. The van der Waals surface area contributed by atoms with Gasteiger partial charge in [-0.15, -0.1) is 11.6 Å². The van der Waals surface area contributed by atoms with Gasteiger partial charge in [0.15, 0.2) is 5.78 Å². The molecule has 1 aromatic carbocycles. The molecule has 6 heteroatoms. The number of rotatable bonds is 3. The normalized spacial score (nSPS) is 13.5. The number of benzene rings is 1. The van der Waals surface area contributed by atoms with E-state index < -0.39 is 23.7 Å². The summed E-state index contributed by atoms with van der Waals surface area (Å²) < 4.78 is 37.2. The van der Waals surface area contributed by atoms with E-state index >= 15 is 0 Å². The number of Topliss-reactive ketones (excluding diaryl/α,β-unsaturated/α-hetero) is 1. The zero-order chi connectivity index (χ0) is 13.2. The average molecular weight is 267 g/mol. The van der Waals surface area contributed by atoms with Crippen molar-refractivity contribution in [1.82, 2.24) is 0 Å². The van der Waals surface area contributed by atoms with Crippen LogP contribution in [0, 0.1) is 0 Å². The average Bonchev–Trinajstić information content (AvgIpc) is 2.25. The Labute approximate surface area is 101 Å². The maximum absolute atomic E-state index is 12.4. The molecule has 0 saturated carbocycles. The van der Waals surface area contributed by atoms with Gasteiger partial charge in [0.25, 0.3) is 0 Å². The molecule has 94 valence electrons. The zero-order valence-corrected chi connectivity index (χ0v) is 9.64. The van der Waals surface area contributed by atoms with Gasteiger partial charge in [-0.3, -0.25) is 4.79 Å². The molecule has 0 aliphatic rings. The molecular weight excluding hydrogens is 257 g/mol. The molecule has 1 rings (SSSR count). The van der Waals surface area contributed by atoms with Crippen molar-refractivity contribution < 1.29 is 23.1 Å². The predicted molar refractivity (Wildman–Crippen MR) is 56.6 cm³/mol. The van der Waals surface area contributed by atoms with Crippen molar-refractivity contribution in [1.29, 1.82) is 0 Å². The van der Waals surface area contributed by atoms with Crippen LogP contribution in [-0.2, 0) is 17.6 Å². The summed E-state index contributed by atoms with van der Waals surface area (Å²) in [6.07, 6.45) is -4.49. The number of carbonyl (C=O) groups excluding carboxylic acids is 1. The number of ketones is 1. The van der Waals surface area contributed by atoms with Crippen LogP contribution in [0.15, 0.2) is 18.2 Å². The molecule has 0 aliphatic carbocycles. The molecule has 0 fully saturated rings. The molecular formula is C11H10ClF3O2. The second-order valence-electron chi connectivity index (χ2n) is 3.54. The van der Waals surface area contributed by atoms with Crippen LogP contribution in [0.2, 0.25) is 0 Å². The van der Waals surface area contributed by atoms with Crippen molar-refractivity contribution in [2.75, 3.05) is 0 Å². The zero-order valence-electron chi connectivity index (χ0n) is 8.88. The third-order valence-electron chi connectivity index (χ3n) is 2.27. The molecule has 0 saturated heterocycles. The van der Waals surface area contributed by atoms with E-state index in [1.165, 1.54) is 6.92 Å². The van der Waals surface area contributed by atoms with Gasteiger partial charge in [0.05, 0.1) is 12.2 Å². The SMILES string of the molecule is CC(=O)C(Cl)c1ccc(C(F)(F)F)cc1CO. The number of aliphatic hydroxyl groups is 1. The summed E-state index contributed by atoms with van der Waals surface area (Å²) in [5.74, 6) is -0.388. The maximum Gasteiger partial charge on any atom is 0.416 e. The van der Waals surface area contributed by atoms with Crippen molar-refractivity contribution in [2.45, 2.75) is 25.1 Å². The van der Waals surface area contributed by atoms with E-state index in [9.17, 15) is 18.0 Å². The van der Waals surface area contributed by atoms with E-state index in [4.69, 9.17) is 16.7 Å². The minimum atomic E-state index is -4.49. The van der Waals surface area contributed by atoms with E-state index in [2.05, 4.69) is 0 Å². The van der Waals surface area contributed by atoms with Gasteiger partial charge in [-0.25, -0.2) is 0 Å². The van der Waals surface area contributed by atoms with Crippen molar-refractivity contribution in [3.05, 3.63) is 34.9 Å². The number of carbonyl (C=O) groups is 1. The van der Waals surface area contributed by atoms with Crippen LogP contribution < -0.4 is 0 Å². The minimum Gasteiger partial charge on any atom is -0.392 e. The maximum atomic E-state index is 12.4. The van der Waals surface area contributed by atoms with Gasteiger partial charge < -0.3 is 5.11 Å². The van der Waals surface area contributed by atoms with E-state index in [0.29, 0.717) is 0 Å². The Morgan fingerprint density at radius 1 is 1.47 bits per heavy atom. The highest BCUT2D eigenvalue weighted by Gasteiger charge is 2.31. The molecule has 2 nitrogen and oxygen atoms in total. The van der Waals surface area contributed by atoms with Crippen LogP contribution in [0.3, 0.4) is 0 Å². The number of hydrogen-bond acceptors (Lipinski definition) is 2. The summed E-state index contributed by atoms with van der Waals surface area (Å²) in [6, 6.07) is 2.76. The van der Waals surface area contributed by atoms with Crippen LogP contribution in [0.4, 0.5) is 13.2 Å². The van der Waals surface area contributed by atoms with Gasteiger partial charge in [-0.2, -0.15) is 13.2 Å². The van der Waals surface area contributed by atoms with Gasteiger partial charge in [-0.05, 0) is 30.2 Å². The lowest BCUT2D eigenvalue weighted by Gasteiger charge is -2.14. The summed E-state index contributed by atoms with van der Waals surface area (Å²) in [4.78, 5) is 11.1. The Balaban J connectivity index is 3.23. The molecule has 17 heavy (non-hydrogen) atoms. The first kappa shape index (κ1) is 14.0. The van der Waals surface area contributed by atoms with Crippen LogP contribution >= 0.6 is 11.6 Å². The molecule has 0 radical (unpaired) electrons. The molecule has 0 bridgehead atoms. The van der Waals surface area contributed by atoms with Crippen molar-refractivity contribution >= 4 is 17.4 Å². The third kappa shape index (κ3) is 3.20. The lowest BCUT2D eigenvalue weighted by atomic mass is 10.00. The van der Waals surface area contributed by atoms with Crippen LogP contribution in [0.25, 0.3) is 0 Å². The minimum absolute atomic E-state index is 0.00928. The second kappa shape index (κ2) is 5.06. The molecule has 0 heterocycles. The fraction of sp³-hybridized carbons (Fsp3) is 0.364. The number of aliphatic hydroxyl groups excluding tert-OH is 1. The Hall–Kier alpha value is -1.07. The summed E-state index contributed by atoms with van der Waals surface area (Å²) in [5, 5.41) is 7.96. The molecule has 0 aromatic heterocycles. The second-order valence-corrected chi connectivity index (χ2v) is 3.98. The number of halogens is 4. The highest BCUT2D eigenvalue weighted by atomic mass is 35.5. The molecule has 1 N–H and O–H groups in total. The van der Waals surface area contributed by atoms with Crippen molar-refractivity contribution in [3.63, 3.8) is 0 Å². The van der Waals surface area contributed by atoms with Crippen molar-refractivity contribution in [2.24, 2.45) is 0 Å². The molecule has 1 atom stereocenters. The Kier molecular flexibility index (Phi) is 4.16. The van der Waals surface area contributed by atoms with E-state index in [1.54, 1.807) is 0 Å². The van der Waals surface area contributed by atoms with Gasteiger partial charge in [0, 0.05) is 0 Å². The molecule has 1 aromatic rings. The fourth-order valence-electron chi connectivity index (χ4n) is 1.39. The smallest absolute Gasteiger partial charge is 0.392 e. The van der Waals surface area contributed by atoms with E-state index in [1.807, 2.05) is 0 Å². The fourth-order valence-corrected chi connectivity index (χ4v) is 1.60. The topological polar surface area (TPSA) is 37.3 Å². The molecule has 0 aliphatic heterocycles. The van der Waals surface area contributed by atoms with Crippen molar-refractivity contribution in [3.8, 4) is 0 Å². The highest BCUT2D eigenvalue weighted by molar-refractivity contribution is 6.30. The van der Waals surface area contributed by atoms with Crippen LogP contribution in [0.1, 0.15) is 29.0 Å². The third-order valence-corrected chi connectivity index (χ3v) is 2.81. The number of alkyl halides is 4. The van der Waals surface area contributed by atoms with Crippen LogP contribution in [0.5, 0.6) is 0 Å². The lowest BCUT2D eigenvalue weighted by molar-refractivity contribution is -0.137. The lowest BCUT2D eigenvalue weighted by Crippen LogP contribution is -2.10. The van der Waals surface area contributed by atoms with E-state index in [-0.39, 0.29) is 16.9 Å². The summed E-state index contributed by atoms with van der Waals surface area (Å²) >= 11 is 5.75. The van der Waals surface area contributed by atoms with Gasteiger partial charge in [0.1, 0.15) is 5.38 Å². The van der Waals surface area contributed by atoms with Gasteiger partial charge >= 0.3 is 6.18 Å². The van der Waals surface area contributed by atoms with E-state index in [0.717, 1.165) is 18.2 Å². The molecule has 0 spiro atoms. The Bertz CT molecular complexity index is 429. The molecule has 0 amide bonds. The van der Waals surface area contributed by atoms with Gasteiger partial charge in [0.2, 0.25) is 0 Å². The first-order chi connectivity index (χ1) is 7.77. The highest BCUT2D eigenvalue weighted by Crippen LogP contribution is 2.33. The molecule has 1 unspecified atom stereocenters. The summed E-state index contributed by atoms with van der Waals surface area (Å²) in [6.45, 7) is 0.631. The largest absolute Gasteiger partial charge is 0.416 e. The summed E-state index contributed by atoms with van der Waals surface area (Å²) in [7, 11) is 0. The first-order valence-electron chi connectivity index (χ1n) is 4.72. The number of hydrogen-bond donors (Lipinski definition) is 1. The monoisotopic (exact) mass is 266 g/mol. The van der Waals surface area contributed by atoms with Crippen LogP contribution in [-0.4, -0.2) is 10.9 Å². The van der Waals surface area contributed by atoms with Gasteiger partial charge in [-0.1, -0.05) is 6.07 Å². The quantitative estimate of drug-likeness (QED) is 0.854.